The Labute approximate surface area is 107 Å². The fourth-order valence-electron chi connectivity index (χ4n) is 1.21. The van der Waals surface area contributed by atoms with Gasteiger partial charge in [0.1, 0.15) is 0 Å². The first-order valence-electron chi connectivity index (χ1n) is 5.34. The van der Waals surface area contributed by atoms with Gasteiger partial charge in [-0.25, -0.2) is 0 Å². The largest absolute Gasteiger partial charge is 0.481 e. The highest BCUT2D eigenvalue weighted by Crippen LogP contribution is 2.19. The molecule has 0 aliphatic carbocycles. The molecule has 96 valence electrons. The van der Waals surface area contributed by atoms with E-state index in [-0.39, 0.29) is 5.92 Å². The summed E-state index contributed by atoms with van der Waals surface area (Å²) in [5, 5.41) is 12.5. The summed E-state index contributed by atoms with van der Waals surface area (Å²) < 4.78 is 10.2. The topological polar surface area (TPSA) is 89.4 Å². The molecule has 2 aromatic heterocycles. The molecule has 0 aromatic carbocycles. The van der Waals surface area contributed by atoms with Crippen LogP contribution < -0.4 is 0 Å². The number of hydrogen-bond acceptors (Lipinski definition) is 6. The Hall–Kier alpha value is -1.76. The van der Waals surface area contributed by atoms with Gasteiger partial charge in [0.15, 0.2) is 5.76 Å². The number of hydrogen-bond donors (Lipinski definition) is 1. The first kappa shape index (κ1) is 12.7. The first-order chi connectivity index (χ1) is 8.66. The molecule has 6 nitrogen and oxygen atoms in total. The maximum atomic E-state index is 10.6. The Morgan fingerprint density at radius 1 is 1.61 bits per heavy atom. The molecule has 1 atom stereocenters. The summed E-state index contributed by atoms with van der Waals surface area (Å²) in [4.78, 5) is 14.8. The summed E-state index contributed by atoms with van der Waals surface area (Å²) in [5.74, 6) is 1.23. The fraction of sp³-hybridized carbons (Fsp3) is 0.364. The van der Waals surface area contributed by atoms with Gasteiger partial charge in [-0.1, -0.05) is 12.1 Å². The smallest absolute Gasteiger partial charge is 0.307 e. The van der Waals surface area contributed by atoms with Gasteiger partial charge in [-0.2, -0.15) is 16.7 Å². The zero-order chi connectivity index (χ0) is 13.0. The molecule has 0 spiro atoms. The molecule has 0 amide bonds. The third-order valence-corrected chi connectivity index (χ3v) is 3.41. The van der Waals surface area contributed by atoms with Crippen molar-refractivity contribution in [3.8, 4) is 11.6 Å². The Kier molecular flexibility index (Phi) is 4.03. The lowest BCUT2D eigenvalue weighted by Crippen LogP contribution is -2.11. The highest BCUT2D eigenvalue weighted by atomic mass is 32.2. The van der Waals surface area contributed by atoms with E-state index in [1.54, 1.807) is 19.1 Å². The van der Waals surface area contributed by atoms with Gasteiger partial charge < -0.3 is 14.0 Å². The number of rotatable bonds is 6. The van der Waals surface area contributed by atoms with Crippen molar-refractivity contribution in [2.75, 3.05) is 5.75 Å². The van der Waals surface area contributed by atoms with E-state index in [0.717, 1.165) is 0 Å². The van der Waals surface area contributed by atoms with Crippen LogP contribution in [0.3, 0.4) is 0 Å². The molecule has 0 fully saturated rings. The van der Waals surface area contributed by atoms with Gasteiger partial charge in [0.05, 0.1) is 17.9 Å². The number of carbonyl (C=O) groups is 1. The number of aromatic nitrogens is 2. The van der Waals surface area contributed by atoms with Crippen molar-refractivity contribution >= 4 is 17.7 Å². The van der Waals surface area contributed by atoms with Crippen LogP contribution in [0.2, 0.25) is 0 Å². The van der Waals surface area contributed by atoms with Crippen LogP contribution in [0, 0.1) is 5.92 Å². The Morgan fingerprint density at radius 3 is 3.11 bits per heavy atom. The Balaban J connectivity index is 1.86. The van der Waals surface area contributed by atoms with Crippen molar-refractivity contribution in [2.24, 2.45) is 5.92 Å². The molecular formula is C11H12N2O4S. The summed E-state index contributed by atoms with van der Waals surface area (Å²) in [6.45, 7) is 1.66. The van der Waals surface area contributed by atoms with Gasteiger partial charge >= 0.3 is 5.97 Å². The van der Waals surface area contributed by atoms with Crippen molar-refractivity contribution in [3.63, 3.8) is 0 Å². The van der Waals surface area contributed by atoms with E-state index in [1.165, 1.54) is 18.0 Å². The summed E-state index contributed by atoms with van der Waals surface area (Å²) in [7, 11) is 0. The molecule has 2 rings (SSSR count). The van der Waals surface area contributed by atoms with E-state index in [4.69, 9.17) is 14.0 Å². The number of aliphatic carboxylic acids is 1. The second-order valence-electron chi connectivity index (χ2n) is 3.74. The predicted molar refractivity (Wildman–Crippen MR) is 65.0 cm³/mol. The lowest BCUT2D eigenvalue weighted by Gasteiger charge is -2.02. The molecule has 1 N–H and O–H groups in total. The maximum Gasteiger partial charge on any atom is 0.307 e. The molecule has 0 radical (unpaired) electrons. The molecule has 0 bridgehead atoms. The lowest BCUT2D eigenvalue weighted by molar-refractivity contribution is -0.140. The van der Waals surface area contributed by atoms with E-state index < -0.39 is 5.97 Å². The van der Waals surface area contributed by atoms with E-state index in [9.17, 15) is 4.79 Å². The SMILES string of the molecule is CC(CSCc1nc(-c2ccco2)no1)C(=O)O. The summed E-state index contributed by atoms with van der Waals surface area (Å²) in [5.41, 5.74) is 0. The van der Waals surface area contributed by atoms with Gasteiger partial charge in [-0.3, -0.25) is 4.79 Å². The second-order valence-corrected chi connectivity index (χ2v) is 4.77. The van der Waals surface area contributed by atoms with Crippen LogP contribution in [0.1, 0.15) is 12.8 Å². The summed E-state index contributed by atoms with van der Waals surface area (Å²) in [6, 6.07) is 3.49. The van der Waals surface area contributed by atoms with Crippen LogP contribution in [-0.2, 0) is 10.5 Å². The third-order valence-electron chi connectivity index (χ3n) is 2.22. The fourth-order valence-corrected chi connectivity index (χ4v) is 2.12. The van der Waals surface area contributed by atoms with Gasteiger partial charge in [0.2, 0.25) is 11.7 Å². The van der Waals surface area contributed by atoms with E-state index in [0.29, 0.717) is 29.0 Å². The molecule has 2 aromatic rings. The zero-order valence-corrected chi connectivity index (χ0v) is 10.5. The highest BCUT2D eigenvalue weighted by Gasteiger charge is 2.13. The van der Waals surface area contributed by atoms with Crippen molar-refractivity contribution in [3.05, 3.63) is 24.3 Å². The molecule has 0 saturated carbocycles. The normalized spacial score (nSPS) is 12.5. The number of carboxylic acid groups (broad SMARTS) is 1. The van der Waals surface area contributed by atoms with Crippen molar-refractivity contribution < 1.29 is 18.8 Å². The van der Waals surface area contributed by atoms with E-state index >= 15 is 0 Å². The number of carboxylic acids is 1. The highest BCUT2D eigenvalue weighted by molar-refractivity contribution is 7.98. The van der Waals surface area contributed by atoms with Gasteiger partial charge in [0.25, 0.3) is 0 Å². The Morgan fingerprint density at radius 2 is 2.44 bits per heavy atom. The van der Waals surface area contributed by atoms with Crippen LogP contribution in [0.15, 0.2) is 27.3 Å². The van der Waals surface area contributed by atoms with E-state index in [1.807, 2.05) is 0 Å². The third kappa shape index (κ3) is 3.13. The zero-order valence-electron chi connectivity index (χ0n) is 9.70. The van der Waals surface area contributed by atoms with Crippen molar-refractivity contribution in [1.82, 2.24) is 10.1 Å². The quantitative estimate of drug-likeness (QED) is 0.859. The lowest BCUT2D eigenvalue weighted by atomic mass is 10.2. The van der Waals surface area contributed by atoms with Gasteiger partial charge in [-0.05, 0) is 12.1 Å². The predicted octanol–water partition coefficient (Wildman–Crippen LogP) is 2.28. The van der Waals surface area contributed by atoms with Crippen LogP contribution >= 0.6 is 11.8 Å². The molecule has 0 aliphatic heterocycles. The maximum absolute atomic E-state index is 10.6. The second kappa shape index (κ2) is 5.72. The number of thioether (sulfide) groups is 1. The average molecular weight is 268 g/mol. The molecular weight excluding hydrogens is 256 g/mol. The van der Waals surface area contributed by atoms with Crippen molar-refractivity contribution in [1.29, 1.82) is 0 Å². The molecule has 18 heavy (non-hydrogen) atoms. The summed E-state index contributed by atoms with van der Waals surface area (Å²) >= 11 is 1.45. The minimum Gasteiger partial charge on any atom is -0.481 e. The molecule has 0 aliphatic rings. The molecule has 0 saturated heterocycles. The number of furan rings is 1. The van der Waals surface area contributed by atoms with Crippen LogP contribution in [0.25, 0.3) is 11.6 Å². The van der Waals surface area contributed by atoms with Crippen molar-refractivity contribution in [2.45, 2.75) is 12.7 Å². The van der Waals surface area contributed by atoms with Crippen LogP contribution in [0.4, 0.5) is 0 Å². The van der Waals surface area contributed by atoms with Crippen LogP contribution in [0.5, 0.6) is 0 Å². The average Bonchev–Trinajstić information content (AvgIpc) is 2.98. The van der Waals surface area contributed by atoms with E-state index in [2.05, 4.69) is 10.1 Å². The molecule has 2 heterocycles. The number of nitrogens with zero attached hydrogens (tertiary/aromatic N) is 2. The minimum absolute atomic E-state index is 0.387. The monoisotopic (exact) mass is 268 g/mol. The molecule has 7 heteroatoms. The van der Waals surface area contributed by atoms with Crippen LogP contribution in [-0.4, -0.2) is 27.0 Å². The standard InChI is InChI=1S/C11H12N2O4S/c1-7(11(14)15)5-18-6-9-12-10(13-17-9)8-3-2-4-16-8/h2-4,7H,5-6H2,1H3,(H,14,15). The van der Waals surface area contributed by atoms with Gasteiger partial charge in [0, 0.05) is 5.75 Å². The first-order valence-corrected chi connectivity index (χ1v) is 6.49. The molecule has 1 unspecified atom stereocenters. The van der Waals surface area contributed by atoms with Gasteiger partial charge in [-0.15, -0.1) is 0 Å². The Bertz CT molecular complexity index is 509. The summed E-state index contributed by atoms with van der Waals surface area (Å²) in [6.07, 6.45) is 1.54. The minimum atomic E-state index is -0.802.